The molecule has 0 radical (unpaired) electrons. The number of hydrogen-bond donors (Lipinski definition) is 0. The zero-order valence-electron chi connectivity index (χ0n) is 8.19. The van der Waals surface area contributed by atoms with E-state index < -0.39 is 0 Å². The van der Waals surface area contributed by atoms with Gasteiger partial charge in [-0.3, -0.25) is 0 Å². The topological polar surface area (TPSA) is 27.7 Å². The molecule has 0 saturated carbocycles. The SMILES string of the molecule is CCCOCC1COc2cscc2O1. The molecule has 0 bridgehead atoms. The minimum absolute atomic E-state index is 0.0450. The van der Waals surface area contributed by atoms with Crippen molar-refractivity contribution in [3.8, 4) is 11.5 Å². The van der Waals surface area contributed by atoms with Crippen LogP contribution in [0.2, 0.25) is 0 Å². The highest BCUT2D eigenvalue weighted by molar-refractivity contribution is 7.08. The molecule has 14 heavy (non-hydrogen) atoms. The molecule has 0 saturated heterocycles. The van der Waals surface area contributed by atoms with Crippen molar-refractivity contribution in [3.05, 3.63) is 10.8 Å². The van der Waals surface area contributed by atoms with E-state index in [0.29, 0.717) is 13.2 Å². The lowest BCUT2D eigenvalue weighted by Gasteiger charge is -2.24. The fraction of sp³-hybridized carbons (Fsp3) is 0.600. The van der Waals surface area contributed by atoms with Crippen molar-refractivity contribution in [2.24, 2.45) is 0 Å². The Bertz CT molecular complexity index is 285. The van der Waals surface area contributed by atoms with E-state index in [1.807, 2.05) is 10.8 Å². The molecule has 1 aromatic rings. The van der Waals surface area contributed by atoms with Gasteiger partial charge in [0.1, 0.15) is 6.61 Å². The fourth-order valence-electron chi connectivity index (χ4n) is 1.30. The van der Waals surface area contributed by atoms with Crippen LogP contribution in [0.4, 0.5) is 0 Å². The number of fused-ring (bicyclic) bond motifs is 1. The molecule has 0 N–H and O–H groups in total. The third kappa shape index (κ3) is 2.19. The molecule has 0 aromatic carbocycles. The molecule has 3 nitrogen and oxygen atoms in total. The van der Waals surface area contributed by atoms with Crippen molar-refractivity contribution in [2.75, 3.05) is 19.8 Å². The van der Waals surface area contributed by atoms with Gasteiger partial charge in [0, 0.05) is 17.4 Å². The molecule has 4 heteroatoms. The Hall–Kier alpha value is -0.740. The molecule has 2 rings (SSSR count). The predicted octanol–water partition coefficient (Wildman–Crippen LogP) is 2.31. The maximum Gasteiger partial charge on any atom is 0.172 e. The molecule has 1 aromatic heterocycles. The summed E-state index contributed by atoms with van der Waals surface area (Å²) >= 11 is 1.59. The Morgan fingerprint density at radius 1 is 1.50 bits per heavy atom. The van der Waals surface area contributed by atoms with Crippen LogP contribution in [-0.2, 0) is 4.74 Å². The molecule has 1 aliphatic heterocycles. The van der Waals surface area contributed by atoms with Gasteiger partial charge in [0.15, 0.2) is 17.6 Å². The molecule has 0 fully saturated rings. The second-order valence-electron chi connectivity index (χ2n) is 3.23. The van der Waals surface area contributed by atoms with Crippen molar-refractivity contribution in [1.82, 2.24) is 0 Å². The lowest BCUT2D eigenvalue weighted by atomic mass is 10.3. The highest BCUT2D eigenvalue weighted by Gasteiger charge is 2.21. The van der Waals surface area contributed by atoms with Crippen LogP contribution in [0.1, 0.15) is 13.3 Å². The van der Waals surface area contributed by atoms with Gasteiger partial charge in [0.25, 0.3) is 0 Å². The van der Waals surface area contributed by atoms with Crippen LogP contribution in [0, 0.1) is 0 Å². The van der Waals surface area contributed by atoms with Crippen LogP contribution in [0.5, 0.6) is 11.5 Å². The zero-order chi connectivity index (χ0) is 9.80. The van der Waals surface area contributed by atoms with Crippen LogP contribution < -0.4 is 9.47 Å². The van der Waals surface area contributed by atoms with Crippen molar-refractivity contribution >= 4 is 11.3 Å². The first-order valence-corrected chi connectivity index (χ1v) is 5.78. The highest BCUT2D eigenvalue weighted by atomic mass is 32.1. The van der Waals surface area contributed by atoms with Gasteiger partial charge in [0.05, 0.1) is 6.61 Å². The van der Waals surface area contributed by atoms with E-state index in [0.717, 1.165) is 24.5 Å². The van der Waals surface area contributed by atoms with E-state index in [-0.39, 0.29) is 6.10 Å². The summed E-state index contributed by atoms with van der Waals surface area (Å²) < 4.78 is 16.6. The first-order valence-electron chi connectivity index (χ1n) is 4.83. The monoisotopic (exact) mass is 214 g/mol. The van der Waals surface area contributed by atoms with Crippen molar-refractivity contribution in [1.29, 1.82) is 0 Å². The molecule has 2 heterocycles. The van der Waals surface area contributed by atoms with E-state index in [2.05, 4.69) is 6.92 Å². The molecule has 1 unspecified atom stereocenters. The summed E-state index contributed by atoms with van der Waals surface area (Å²) in [6.45, 7) is 4.09. The number of thiophene rings is 1. The molecule has 1 aliphatic rings. The van der Waals surface area contributed by atoms with Crippen LogP contribution in [-0.4, -0.2) is 25.9 Å². The minimum atomic E-state index is 0.0450. The largest absolute Gasteiger partial charge is 0.485 e. The lowest BCUT2D eigenvalue weighted by molar-refractivity contribution is 0.00968. The standard InChI is InChI=1S/C10H14O3S/c1-2-3-11-4-8-5-12-9-6-14-7-10(9)13-8/h6-8H,2-5H2,1H3. The highest BCUT2D eigenvalue weighted by Crippen LogP contribution is 2.35. The number of ether oxygens (including phenoxy) is 3. The Kier molecular flexibility index (Phi) is 3.26. The smallest absolute Gasteiger partial charge is 0.172 e. The summed E-state index contributed by atoms with van der Waals surface area (Å²) in [6, 6.07) is 0. The van der Waals surface area contributed by atoms with Crippen molar-refractivity contribution in [2.45, 2.75) is 19.4 Å². The van der Waals surface area contributed by atoms with Gasteiger partial charge in [0.2, 0.25) is 0 Å². The molecule has 0 amide bonds. The second kappa shape index (κ2) is 4.66. The third-order valence-electron chi connectivity index (χ3n) is 1.96. The van der Waals surface area contributed by atoms with Crippen molar-refractivity contribution in [3.63, 3.8) is 0 Å². The summed E-state index contributed by atoms with van der Waals surface area (Å²) in [4.78, 5) is 0. The Morgan fingerprint density at radius 3 is 3.21 bits per heavy atom. The van der Waals surface area contributed by atoms with E-state index in [1.165, 1.54) is 0 Å². The molecular weight excluding hydrogens is 200 g/mol. The lowest BCUT2D eigenvalue weighted by Crippen LogP contribution is -2.33. The number of hydrogen-bond acceptors (Lipinski definition) is 4. The predicted molar refractivity (Wildman–Crippen MR) is 55.3 cm³/mol. The summed E-state index contributed by atoms with van der Waals surface area (Å²) in [5.41, 5.74) is 0. The quantitative estimate of drug-likeness (QED) is 0.720. The third-order valence-corrected chi connectivity index (χ3v) is 2.66. The van der Waals surface area contributed by atoms with E-state index >= 15 is 0 Å². The van der Waals surface area contributed by atoms with Gasteiger partial charge in [-0.1, -0.05) is 6.92 Å². The molecule has 0 aliphatic carbocycles. The Balaban J connectivity index is 1.82. The van der Waals surface area contributed by atoms with E-state index in [4.69, 9.17) is 14.2 Å². The summed E-state index contributed by atoms with van der Waals surface area (Å²) in [6.07, 6.45) is 1.08. The molecular formula is C10H14O3S. The summed E-state index contributed by atoms with van der Waals surface area (Å²) in [5.74, 6) is 1.72. The molecule has 0 spiro atoms. The second-order valence-corrected chi connectivity index (χ2v) is 3.97. The molecule has 1 atom stereocenters. The van der Waals surface area contributed by atoms with Crippen LogP contribution in [0.25, 0.3) is 0 Å². The first-order chi connectivity index (χ1) is 6.90. The van der Waals surface area contributed by atoms with Gasteiger partial charge in [-0.15, -0.1) is 11.3 Å². The minimum Gasteiger partial charge on any atom is -0.485 e. The zero-order valence-corrected chi connectivity index (χ0v) is 9.01. The van der Waals surface area contributed by atoms with Crippen LogP contribution >= 0.6 is 11.3 Å². The van der Waals surface area contributed by atoms with Crippen LogP contribution in [0.3, 0.4) is 0 Å². The van der Waals surface area contributed by atoms with Gasteiger partial charge < -0.3 is 14.2 Å². The Morgan fingerprint density at radius 2 is 2.36 bits per heavy atom. The van der Waals surface area contributed by atoms with Gasteiger partial charge in [-0.05, 0) is 6.42 Å². The normalized spacial score (nSPS) is 19.6. The Labute approximate surface area is 87.6 Å². The van der Waals surface area contributed by atoms with Gasteiger partial charge in [-0.2, -0.15) is 0 Å². The average Bonchev–Trinajstić information content (AvgIpc) is 2.65. The maximum atomic E-state index is 5.68. The summed E-state index contributed by atoms with van der Waals surface area (Å²) in [5, 5.41) is 3.92. The number of rotatable bonds is 4. The van der Waals surface area contributed by atoms with Gasteiger partial charge >= 0.3 is 0 Å². The van der Waals surface area contributed by atoms with Crippen molar-refractivity contribution < 1.29 is 14.2 Å². The first kappa shape index (κ1) is 9.80. The van der Waals surface area contributed by atoms with Crippen LogP contribution in [0.15, 0.2) is 10.8 Å². The van der Waals surface area contributed by atoms with E-state index in [9.17, 15) is 0 Å². The average molecular weight is 214 g/mol. The van der Waals surface area contributed by atoms with Gasteiger partial charge in [-0.25, -0.2) is 0 Å². The summed E-state index contributed by atoms with van der Waals surface area (Å²) in [7, 11) is 0. The maximum absolute atomic E-state index is 5.68. The fourth-order valence-corrected chi connectivity index (χ4v) is 1.97. The van der Waals surface area contributed by atoms with E-state index in [1.54, 1.807) is 11.3 Å². The molecule has 78 valence electrons.